The molecule has 1 fully saturated rings. The van der Waals surface area contributed by atoms with Crippen LogP contribution in [0.4, 0.5) is 0 Å². The molecule has 0 aromatic rings. The highest BCUT2D eigenvalue weighted by Gasteiger charge is 2.39. The number of nitrogens with zero attached hydrogens (tertiary/aromatic N) is 1. The Morgan fingerprint density at radius 3 is 2.36 bits per heavy atom. The zero-order valence-electron chi connectivity index (χ0n) is 9.60. The second-order valence-electron chi connectivity index (χ2n) is 4.48. The zero-order valence-corrected chi connectivity index (χ0v) is 9.60. The first-order chi connectivity index (χ1) is 6.62. The minimum atomic E-state index is -0.0660. The highest BCUT2D eigenvalue weighted by molar-refractivity contribution is 5.82. The average Bonchev–Trinajstić information content (AvgIpc) is 2.18. The van der Waals surface area contributed by atoms with Crippen LogP contribution >= 0.6 is 0 Å². The van der Waals surface area contributed by atoms with Crippen molar-refractivity contribution in [1.29, 1.82) is 0 Å². The minimum absolute atomic E-state index is 0.0660. The van der Waals surface area contributed by atoms with Crippen molar-refractivity contribution in [3.05, 3.63) is 0 Å². The smallest absolute Gasteiger partial charge is 0.228 e. The van der Waals surface area contributed by atoms with Gasteiger partial charge in [-0.25, -0.2) is 0 Å². The maximum absolute atomic E-state index is 12.1. The van der Waals surface area contributed by atoms with Gasteiger partial charge in [0.2, 0.25) is 5.91 Å². The molecule has 0 aromatic heterocycles. The van der Waals surface area contributed by atoms with E-state index in [0.717, 1.165) is 38.8 Å². The molecular formula is C11H22N2O. The predicted molar refractivity (Wildman–Crippen MR) is 58.1 cm³/mol. The molecule has 1 aliphatic rings. The van der Waals surface area contributed by atoms with Crippen LogP contribution in [0, 0.1) is 5.41 Å². The molecule has 0 aliphatic carbocycles. The third kappa shape index (κ3) is 2.27. The van der Waals surface area contributed by atoms with Crippen molar-refractivity contribution in [3.8, 4) is 0 Å². The number of piperidine rings is 1. The summed E-state index contributed by atoms with van der Waals surface area (Å²) < 4.78 is 0. The highest BCUT2D eigenvalue weighted by atomic mass is 16.2. The molecule has 3 nitrogen and oxygen atoms in total. The van der Waals surface area contributed by atoms with E-state index in [1.54, 1.807) is 4.90 Å². The van der Waals surface area contributed by atoms with Crippen molar-refractivity contribution in [2.75, 3.05) is 27.2 Å². The van der Waals surface area contributed by atoms with Gasteiger partial charge in [0.05, 0.1) is 5.41 Å². The molecule has 0 saturated carbocycles. The largest absolute Gasteiger partial charge is 0.348 e. The quantitative estimate of drug-likeness (QED) is 0.740. The molecule has 0 spiro atoms. The summed E-state index contributed by atoms with van der Waals surface area (Å²) in [6.07, 6.45) is 4.13. The number of carbonyl (C=O) groups excluding carboxylic acids is 1. The Morgan fingerprint density at radius 2 is 1.93 bits per heavy atom. The summed E-state index contributed by atoms with van der Waals surface area (Å²) in [4.78, 5) is 13.9. The van der Waals surface area contributed by atoms with Gasteiger partial charge in [0.25, 0.3) is 0 Å². The van der Waals surface area contributed by atoms with Crippen LogP contribution in [0.25, 0.3) is 0 Å². The van der Waals surface area contributed by atoms with Gasteiger partial charge in [-0.3, -0.25) is 4.79 Å². The summed E-state index contributed by atoms with van der Waals surface area (Å²) in [6, 6.07) is 0. The van der Waals surface area contributed by atoms with E-state index in [0.29, 0.717) is 5.91 Å². The Balaban J connectivity index is 2.74. The third-order valence-corrected chi connectivity index (χ3v) is 3.15. The van der Waals surface area contributed by atoms with E-state index in [2.05, 4.69) is 12.2 Å². The number of hydrogen-bond acceptors (Lipinski definition) is 2. The molecule has 0 bridgehead atoms. The van der Waals surface area contributed by atoms with Gasteiger partial charge in [-0.05, 0) is 32.4 Å². The lowest BCUT2D eigenvalue weighted by Gasteiger charge is -2.38. The standard InChI is InChI=1S/C11H22N2O/c1-4-5-11(10(14)13(2)3)6-8-12-9-7-11/h12H,4-9H2,1-3H3. The topological polar surface area (TPSA) is 32.3 Å². The lowest BCUT2D eigenvalue weighted by molar-refractivity contribution is -0.141. The number of hydrogen-bond donors (Lipinski definition) is 1. The van der Waals surface area contributed by atoms with E-state index < -0.39 is 0 Å². The maximum atomic E-state index is 12.1. The molecular weight excluding hydrogens is 176 g/mol. The first kappa shape index (κ1) is 11.5. The van der Waals surface area contributed by atoms with Gasteiger partial charge in [-0.2, -0.15) is 0 Å². The van der Waals surface area contributed by atoms with Crippen LogP contribution in [0.2, 0.25) is 0 Å². The van der Waals surface area contributed by atoms with E-state index >= 15 is 0 Å². The fourth-order valence-corrected chi connectivity index (χ4v) is 2.43. The minimum Gasteiger partial charge on any atom is -0.348 e. The lowest BCUT2D eigenvalue weighted by Crippen LogP contribution is -2.47. The van der Waals surface area contributed by atoms with Crippen molar-refractivity contribution in [2.45, 2.75) is 32.6 Å². The van der Waals surface area contributed by atoms with Gasteiger partial charge in [0.15, 0.2) is 0 Å². The monoisotopic (exact) mass is 198 g/mol. The molecule has 1 aliphatic heterocycles. The molecule has 0 aromatic carbocycles. The van der Waals surface area contributed by atoms with Crippen molar-refractivity contribution < 1.29 is 4.79 Å². The molecule has 3 heteroatoms. The van der Waals surface area contributed by atoms with E-state index in [9.17, 15) is 4.79 Å². The summed E-state index contributed by atoms with van der Waals surface area (Å²) in [7, 11) is 3.73. The van der Waals surface area contributed by atoms with E-state index in [1.165, 1.54) is 0 Å². The molecule has 14 heavy (non-hydrogen) atoms. The van der Waals surface area contributed by atoms with E-state index in [1.807, 2.05) is 14.1 Å². The molecule has 0 radical (unpaired) electrons. The molecule has 1 heterocycles. The summed E-state index contributed by atoms with van der Waals surface area (Å²) >= 11 is 0. The van der Waals surface area contributed by atoms with E-state index in [4.69, 9.17) is 0 Å². The Hall–Kier alpha value is -0.570. The second-order valence-corrected chi connectivity index (χ2v) is 4.48. The maximum Gasteiger partial charge on any atom is 0.228 e. The van der Waals surface area contributed by atoms with E-state index in [-0.39, 0.29) is 5.41 Å². The molecule has 1 N–H and O–H groups in total. The molecule has 0 unspecified atom stereocenters. The van der Waals surface area contributed by atoms with Gasteiger partial charge in [0.1, 0.15) is 0 Å². The fraction of sp³-hybridized carbons (Fsp3) is 0.909. The first-order valence-corrected chi connectivity index (χ1v) is 5.55. The normalized spacial score (nSPS) is 20.5. The Morgan fingerprint density at radius 1 is 1.36 bits per heavy atom. The Bertz CT molecular complexity index is 190. The number of rotatable bonds is 3. The van der Waals surface area contributed by atoms with Gasteiger partial charge in [-0.1, -0.05) is 13.3 Å². The lowest BCUT2D eigenvalue weighted by atomic mass is 9.74. The molecule has 0 atom stereocenters. The van der Waals surface area contributed by atoms with Crippen LogP contribution < -0.4 is 5.32 Å². The number of nitrogens with one attached hydrogen (secondary N) is 1. The molecule has 1 saturated heterocycles. The summed E-state index contributed by atoms with van der Waals surface area (Å²) in [5.41, 5.74) is -0.0660. The zero-order chi connectivity index (χ0) is 10.6. The molecule has 82 valence electrons. The van der Waals surface area contributed by atoms with Gasteiger partial charge >= 0.3 is 0 Å². The summed E-state index contributed by atoms with van der Waals surface area (Å²) in [5, 5.41) is 3.32. The highest BCUT2D eigenvalue weighted by Crippen LogP contribution is 2.35. The first-order valence-electron chi connectivity index (χ1n) is 5.55. The molecule has 1 amide bonds. The van der Waals surface area contributed by atoms with Crippen molar-refractivity contribution in [1.82, 2.24) is 10.2 Å². The number of amides is 1. The second kappa shape index (κ2) is 4.78. The Kier molecular flexibility index (Phi) is 3.93. The summed E-state index contributed by atoms with van der Waals surface area (Å²) in [6.45, 7) is 4.13. The molecule has 1 rings (SSSR count). The Labute approximate surface area is 86.9 Å². The predicted octanol–water partition coefficient (Wildman–Crippen LogP) is 1.24. The number of carbonyl (C=O) groups is 1. The van der Waals surface area contributed by atoms with Gasteiger partial charge < -0.3 is 10.2 Å². The third-order valence-electron chi connectivity index (χ3n) is 3.15. The average molecular weight is 198 g/mol. The summed E-state index contributed by atoms with van der Waals surface area (Å²) in [5.74, 6) is 0.320. The van der Waals surface area contributed by atoms with Crippen LogP contribution in [-0.4, -0.2) is 38.0 Å². The van der Waals surface area contributed by atoms with Crippen LogP contribution in [0.5, 0.6) is 0 Å². The van der Waals surface area contributed by atoms with Crippen LogP contribution in [0.1, 0.15) is 32.6 Å². The van der Waals surface area contributed by atoms with Gasteiger partial charge in [0, 0.05) is 14.1 Å². The SMILES string of the molecule is CCCC1(C(=O)N(C)C)CCNCC1. The van der Waals surface area contributed by atoms with Crippen LogP contribution in [0.15, 0.2) is 0 Å². The van der Waals surface area contributed by atoms with Crippen molar-refractivity contribution in [2.24, 2.45) is 5.41 Å². The van der Waals surface area contributed by atoms with Crippen molar-refractivity contribution in [3.63, 3.8) is 0 Å². The fourth-order valence-electron chi connectivity index (χ4n) is 2.43. The van der Waals surface area contributed by atoms with Crippen LogP contribution in [0.3, 0.4) is 0 Å². The van der Waals surface area contributed by atoms with Crippen LogP contribution in [-0.2, 0) is 4.79 Å². The van der Waals surface area contributed by atoms with Gasteiger partial charge in [-0.15, -0.1) is 0 Å². The van der Waals surface area contributed by atoms with Crippen molar-refractivity contribution >= 4 is 5.91 Å².